The minimum Gasteiger partial charge on any atom is -0.493 e. The van der Waals surface area contributed by atoms with E-state index in [0.29, 0.717) is 5.75 Å². The number of nitrogen functional groups attached to an aromatic ring is 1. The van der Waals surface area contributed by atoms with E-state index < -0.39 is 13.0 Å². The summed E-state index contributed by atoms with van der Waals surface area (Å²) in [7, 11) is -1.31. The largest absolute Gasteiger partial charge is 0.493 e. The number of methoxy groups -OCH3 is 1. The van der Waals surface area contributed by atoms with Crippen LogP contribution in [0.5, 0.6) is 5.75 Å². The number of nitrogens with two attached hydrogens (primary N) is 1. The van der Waals surface area contributed by atoms with Crippen LogP contribution in [0.15, 0.2) is 24.5 Å². The zero-order chi connectivity index (χ0) is 14.2. The van der Waals surface area contributed by atoms with Gasteiger partial charge in [-0.15, -0.1) is 0 Å². The Morgan fingerprint density at radius 2 is 2.11 bits per heavy atom. The maximum absolute atomic E-state index is 14.5. The second kappa shape index (κ2) is 4.70. The average Bonchev–Trinajstić information content (AvgIpc) is 2.75. The van der Waals surface area contributed by atoms with Gasteiger partial charge in [0.15, 0.2) is 11.6 Å². The van der Waals surface area contributed by atoms with Gasteiger partial charge in [-0.1, -0.05) is 0 Å². The van der Waals surface area contributed by atoms with Crippen LogP contribution >= 0.6 is 7.14 Å². The minimum absolute atomic E-state index is 0.0551. The molecule has 7 heteroatoms. The Hall–Kier alpha value is -1.81. The third kappa shape index (κ3) is 2.49. The molecule has 0 amide bonds. The van der Waals surface area contributed by atoms with Gasteiger partial charge in [0.05, 0.1) is 24.8 Å². The van der Waals surface area contributed by atoms with E-state index in [0.717, 1.165) is 0 Å². The molecule has 1 heterocycles. The van der Waals surface area contributed by atoms with Crippen molar-refractivity contribution in [3.8, 4) is 11.4 Å². The molecule has 5 nitrogen and oxygen atoms in total. The van der Waals surface area contributed by atoms with E-state index in [-0.39, 0.29) is 16.7 Å². The van der Waals surface area contributed by atoms with E-state index in [4.69, 9.17) is 10.5 Å². The topological polar surface area (TPSA) is 70.1 Å². The molecule has 102 valence electrons. The third-order valence-electron chi connectivity index (χ3n) is 2.71. The number of hydrogen-bond donors (Lipinski definition) is 1. The Balaban J connectivity index is 2.63. The van der Waals surface area contributed by atoms with E-state index in [2.05, 4.69) is 5.10 Å². The Labute approximate surface area is 110 Å². The summed E-state index contributed by atoms with van der Waals surface area (Å²) in [5.41, 5.74) is 6.10. The zero-order valence-electron chi connectivity index (χ0n) is 10.9. The summed E-state index contributed by atoms with van der Waals surface area (Å²) in [6, 6.07) is 3.03. The minimum atomic E-state index is -2.81. The lowest BCUT2D eigenvalue weighted by Crippen LogP contribution is -2.17. The molecule has 0 radical (unpaired) electrons. The Bertz CT molecular complexity index is 663. The lowest BCUT2D eigenvalue weighted by atomic mass is 10.2. The van der Waals surface area contributed by atoms with Crippen LogP contribution in [0.3, 0.4) is 0 Å². The SMILES string of the molecule is COc1cnn(-c2ccc(N)c(P(C)(C)=O)c2F)c1. The van der Waals surface area contributed by atoms with Crippen molar-refractivity contribution in [1.29, 1.82) is 0 Å². The van der Waals surface area contributed by atoms with Crippen molar-refractivity contribution >= 4 is 18.1 Å². The maximum atomic E-state index is 14.5. The summed E-state index contributed by atoms with van der Waals surface area (Å²) >= 11 is 0. The Morgan fingerprint density at radius 1 is 1.42 bits per heavy atom. The maximum Gasteiger partial charge on any atom is 0.161 e. The molecule has 0 fully saturated rings. The molecule has 0 spiro atoms. The van der Waals surface area contributed by atoms with Gasteiger partial charge in [0.2, 0.25) is 0 Å². The number of aromatic nitrogens is 2. The summed E-state index contributed by atoms with van der Waals surface area (Å²) in [4.78, 5) is 0. The standard InChI is InChI=1S/C12H15FN3O2P/c1-18-8-6-15-16(7-8)10-5-4-9(14)12(11(10)13)19(2,3)17/h4-7H,14H2,1-3H3. The number of benzene rings is 1. The molecule has 0 bridgehead atoms. The fraction of sp³-hybridized carbons (Fsp3) is 0.250. The smallest absolute Gasteiger partial charge is 0.161 e. The number of rotatable bonds is 3. The molecule has 0 unspecified atom stereocenters. The van der Waals surface area contributed by atoms with E-state index in [1.165, 1.54) is 49.6 Å². The number of hydrogen-bond acceptors (Lipinski definition) is 4. The third-order valence-corrected chi connectivity index (χ3v) is 4.24. The molecular weight excluding hydrogens is 268 g/mol. The highest BCUT2D eigenvalue weighted by molar-refractivity contribution is 7.70. The van der Waals surface area contributed by atoms with Crippen LogP contribution in [0.1, 0.15) is 0 Å². The van der Waals surface area contributed by atoms with Gasteiger partial charge in [-0.25, -0.2) is 9.07 Å². The van der Waals surface area contributed by atoms with Crippen molar-refractivity contribution < 1.29 is 13.7 Å². The van der Waals surface area contributed by atoms with Gasteiger partial charge in [-0.3, -0.25) is 0 Å². The summed E-state index contributed by atoms with van der Waals surface area (Å²) in [6.07, 6.45) is 3.00. The van der Waals surface area contributed by atoms with Crippen molar-refractivity contribution in [2.45, 2.75) is 0 Å². The molecule has 0 saturated carbocycles. The molecule has 19 heavy (non-hydrogen) atoms. The molecule has 0 saturated heterocycles. The number of nitrogens with zero attached hydrogens (tertiary/aromatic N) is 2. The van der Waals surface area contributed by atoms with Crippen LogP contribution in [-0.2, 0) is 4.57 Å². The van der Waals surface area contributed by atoms with Crippen LogP contribution in [0.25, 0.3) is 5.69 Å². The first-order valence-corrected chi connectivity index (χ1v) is 8.17. The van der Waals surface area contributed by atoms with Crippen LogP contribution in [0.2, 0.25) is 0 Å². The molecule has 2 N–H and O–H groups in total. The summed E-state index contributed by atoms with van der Waals surface area (Å²) in [5, 5.41) is 4.05. The van der Waals surface area contributed by atoms with Crippen LogP contribution in [0.4, 0.5) is 10.1 Å². The average molecular weight is 283 g/mol. The van der Waals surface area contributed by atoms with Crippen LogP contribution in [-0.4, -0.2) is 30.2 Å². The lowest BCUT2D eigenvalue weighted by Gasteiger charge is -2.14. The second-order valence-electron chi connectivity index (χ2n) is 4.51. The fourth-order valence-corrected chi connectivity index (χ4v) is 3.12. The summed E-state index contributed by atoms with van der Waals surface area (Å²) in [6.45, 7) is 2.96. The van der Waals surface area contributed by atoms with Gasteiger partial charge >= 0.3 is 0 Å². The fourth-order valence-electron chi connectivity index (χ4n) is 1.84. The van der Waals surface area contributed by atoms with Gasteiger partial charge in [0.25, 0.3) is 0 Å². The summed E-state index contributed by atoms with van der Waals surface area (Å²) in [5.74, 6) is -0.104. The molecule has 0 aliphatic heterocycles. The highest BCUT2D eigenvalue weighted by Gasteiger charge is 2.23. The molecule has 2 aromatic rings. The van der Waals surface area contributed by atoms with E-state index in [1.807, 2.05) is 0 Å². The predicted molar refractivity (Wildman–Crippen MR) is 73.6 cm³/mol. The second-order valence-corrected chi connectivity index (χ2v) is 7.66. The molecule has 1 aromatic heterocycles. The normalized spacial score (nSPS) is 11.6. The molecule has 0 atom stereocenters. The number of ether oxygens (including phenoxy) is 1. The van der Waals surface area contributed by atoms with E-state index in [1.54, 1.807) is 0 Å². The van der Waals surface area contributed by atoms with Crippen LogP contribution < -0.4 is 15.8 Å². The first kappa shape index (κ1) is 13.6. The molecule has 0 aliphatic rings. The van der Waals surface area contributed by atoms with Crippen molar-refractivity contribution in [2.24, 2.45) is 0 Å². The van der Waals surface area contributed by atoms with Crippen molar-refractivity contribution in [3.63, 3.8) is 0 Å². The van der Waals surface area contributed by atoms with Crippen molar-refractivity contribution in [1.82, 2.24) is 9.78 Å². The Morgan fingerprint density at radius 3 is 2.63 bits per heavy atom. The first-order chi connectivity index (χ1) is 8.84. The molecule has 0 aliphatic carbocycles. The highest BCUT2D eigenvalue weighted by Crippen LogP contribution is 2.39. The van der Waals surface area contributed by atoms with Gasteiger partial charge < -0.3 is 15.0 Å². The number of halogens is 1. The molecular formula is C12H15FN3O2P. The van der Waals surface area contributed by atoms with Crippen LogP contribution in [0, 0.1) is 5.82 Å². The van der Waals surface area contributed by atoms with Crippen molar-refractivity contribution in [3.05, 3.63) is 30.3 Å². The Kier molecular flexibility index (Phi) is 3.37. The molecule has 2 rings (SSSR count). The first-order valence-electron chi connectivity index (χ1n) is 5.57. The van der Waals surface area contributed by atoms with Gasteiger partial charge in [-0.05, 0) is 25.5 Å². The monoisotopic (exact) mass is 283 g/mol. The van der Waals surface area contributed by atoms with Crippen molar-refractivity contribution in [2.75, 3.05) is 26.2 Å². The predicted octanol–water partition coefficient (Wildman–Crippen LogP) is 1.85. The number of anilines is 1. The van der Waals surface area contributed by atoms with E-state index in [9.17, 15) is 8.96 Å². The van der Waals surface area contributed by atoms with Gasteiger partial charge in [-0.2, -0.15) is 5.10 Å². The molecule has 1 aromatic carbocycles. The quantitative estimate of drug-likeness (QED) is 0.689. The zero-order valence-corrected chi connectivity index (χ0v) is 11.8. The van der Waals surface area contributed by atoms with E-state index >= 15 is 0 Å². The van der Waals surface area contributed by atoms with Gasteiger partial charge in [0.1, 0.15) is 12.8 Å². The highest BCUT2D eigenvalue weighted by atomic mass is 31.2. The lowest BCUT2D eigenvalue weighted by molar-refractivity contribution is 0.414. The summed E-state index contributed by atoms with van der Waals surface area (Å²) < 4.78 is 32.9. The van der Waals surface area contributed by atoms with Gasteiger partial charge in [0, 0.05) is 5.69 Å².